The smallest absolute Gasteiger partial charge is 0.192 e. The van der Waals surface area contributed by atoms with Crippen LogP contribution in [-0.2, 0) is 12.1 Å². The van der Waals surface area contributed by atoms with Crippen molar-refractivity contribution < 1.29 is 224 Å². The van der Waals surface area contributed by atoms with Gasteiger partial charge in [-0.2, -0.15) is 229 Å². The lowest BCUT2D eigenvalue weighted by atomic mass is 9.85. The molecule has 1 aromatic rings. The summed E-state index contributed by atoms with van der Waals surface area (Å²) in [6.07, 6.45) is -24.3. The number of hydrogen-bond donors (Lipinski definition) is 0. The Morgan fingerprint density at radius 2 is 0.342 bits per heavy atom. The van der Waals surface area contributed by atoms with E-state index in [9.17, 15) is 220 Å². The first-order valence-corrected chi connectivity index (χ1v) is 16.8. The van der Waals surface area contributed by atoms with Crippen LogP contribution >= 0.6 is 0 Å². The van der Waals surface area contributed by atoms with Crippen molar-refractivity contribution in [2.45, 2.75) is 143 Å². The van der Waals surface area contributed by atoms with Crippen molar-refractivity contribution in [1.82, 2.24) is 4.57 Å². The summed E-state index contributed by atoms with van der Waals surface area (Å²) in [5.41, 5.74) is 0. The molecule has 0 fully saturated rings. The van der Waals surface area contributed by atoms with E-state index in [2.05, 4.69) is 0 Å². The third-order valence-corrected chi connectivity index (χ3v) is 9.85. The van der Waals surface area contributed by atoms with Crippen molar-refractivity contribution in [1.29, 1.82) is 0 Å². The fourth-order valence-corrected chi connectivity index (χ4v) is 4.90. The van der Waals surface area contributed by atoms with E-state index in [1.54, 1.807) is 0 Å². The second-order valence-electron chi connectivity index (χ2n) is 14.8. The SMILES string of the molecule is FC(F)(F)C(F)(F)C(F)(F)C(F)(F)C(F)(F)C(F)(F)C(F)(F)C(F)(F)C(F)(F)C(F)(F)C(F)(F)C(F)(F)n1cc[n+](C(F)(F)C(F)(F)C(F)(F)C(F)(F)C(F)(F)C(F)(F)C(F)(F)C(F)(F)C(F)(F)C(F)(F)C(F)(F)C(F)(F)F)c1. The Morgan fingerprint density at radius 3 is 0.519 bits per heavy atom. The maximum absolute atomic E-state index is 14.6. The van der Waals surface area contributed by atoms with E-state index in [0.29, 0.717) is 0 Å². The lowest BCUT2D eigenvalue weighted by molar-refractivity contribution is -0.849. The highest BCUT2D eigenvalue weighted by Crippen LogP contribution is 2.71. The number of imidazole rings is 1. The number of aromatic nitrogens is 2. The molecule has 470 valence electrons. The van der Waals surface area contributed by atoms with Gasteiger partial charge in [0.05, 0.1) is 0 Å². The van der Waals surface area contributed by atoms with Crippen LogP contribution in [0.4, 0.5) is 220 Å². The lowest BCUT2D eigenvalue weighted by Gasteiger charge is -2.45. The quantitative estimate of drug-likeness (QED) is 0.0808. The predicted molar refractivity (Wildman–Crippen MR) is 136 cm³/mol. The van der Waals surface area contributed by atoms with Crippen LogP contribution in [0.2, 0.25) is 0 Å². The van der Waals surface area contributed by atoms with E-state index in [-0.39, 0.29) is 0 Å². The van der Waals surface area contributed by atoms with E-state index in [0.717, 1.165) is 0 Å². The molecule has 79 heavy (non-hydrogen) atoms. The van der Waals surface area contributed by atoms with Crippen molar-refractivity contribution in [2.24, 2.45) is 0 Å². The van der Waals surface area contributed by atoms with E-state index in [4.69, 9.17) is 0 Å². The number of halogens is 50. The first-order valence-electron chi connectivity index (χ1n) is 16.8. The molecule has 0 saturated heterocycles. The van der Waals surface area contributed by atoms with E-state index in [1.165, 1.54) is 0 Å². The molecule has 0 aliphatic rings. The zero-order valence-corrected chi connectivity index (χ0v) is 33.5. The summed E-state index contributed by atoms with van der Waals surface area (Å²) < 4.78 is 679. The van der Waals surface area contributed by atoms with Gasteiger partial charge in [-0.05, 0) is 0 Å². The number of hydrogen-bond acceptors (Lipinski definition) is 0. The molecule has 2 nitrogen and oxygen atoms in total. The van der Waals surface area contributed by atoms with Crippen LogP contribution in [0.1, 0.15) is 0 Å². The molecule has 1 heterocycles. The van der Waals surface area contributed by atoms with Gasteiger partial charge >= 0.3 is 143 Å². The lowest BCUT2D eigenvalue weighted by Crippen LogP contribution is -2.79. The van der Waals surface area contributed by atoms with Gasteiger partial charge in [0.15, 0.2) is 0 Å². The van der Waals surface area contributed by atoms with Gasteiger partial charge in [0.1, 0.15) is 12.4 Å². The average Bonchev–Trinajstić information content (AvgIpc) is 3.74. The Balaban J connectivity index is 4.12. The van der Waals surface area contributed by atoms with Gasteiger partial charge in [-0.3, -0.25) is 0 Å². The fourth-order valence-electron chi connectivity index (χ4n) is 4.90. The Kier molecular flexibility index (Phi) is 16.2. The minimum atomic E-state index is -10.3. The molecule has 0 atom stereocenters. The maximum Gasteiger partial charge on any atom is 0.469 e. The van der Waals surface area contributed by atoms with Crippen LogP contribution < -0.4 is 4.57 Å². The van der Waals surface area contributed by atoms with Gasteiger partial charge in [0.2, 0.25) is 0 Å². The minimum Gasteiger partial charge on any atom is -0.192 e. The molecule has 0 aliphatic carbocycles. The summed E-state index contributed by atoms with van der Waals surface area (Å²) in [5, 5.41) is 0. The third-order valence-electron chi connectivity index (χ3n) is 9.85. The highest BCUT2D eigenvalue weighted by molar-refractivity contribution is 5.21. The highest BCUT2D eigenvalue weighted by Gasteiger charge is 3.02. The predicted octanol–water partition coefficient (Wildman–Crippen LogP) is 15.7. The molecular formula is C27H3F50N2+. The van der Waals surface area contributed by atoms with E-state index < -0.39 is 171 Å². The number of alkyl halides is 50. The van der Waals surface area contributed by atoms with Crippen molar-refractivity contribution >= 4 is 0 Å². The zero-order chi connectivity index (χ0) is 65.3. The zero-order valence-electron chi connectivity index (χ0n) is 33.5. The number of rotatable bonds is 22. The molecule has 0 spiro atoms. The average molecular weight is 1310 g/mol. The Morgan fingerprint density at radius 1 is 0.190 bits per heavy atom. The molecule has 1 aromatic heterocycles. The Bertz CT molecular complexity index is 2200. The number of nitrogens with zero attached hydrogens (tertiary/aromatic N) is 2. The first-order chi connectivity index (χ1) is 33.2. The van der Waals surface area contributed by atoms with Gasteiger partial charge in [0.25, 0.3) is 6.33 Å². The molecule has 0 unspecified atom stereocenters. The summed E-state index contributed by atoms with van der Waals surface area (Å²) in [6, 6.07) is -17.3. The summed E-state index contributed by atoms with van der Waals surface area (Å²) in [6.45, 7) is 0. The second-order valence-corrected chi connectivity index (χ2v) is 14.8. The molecule has 0 aliphatic heterocycles. The minimum absolute atomic E-state index is 2.20. The summed E-state index contributed by atoms with van der Waals surface area (Å²) in [5.74, 6) is -198. The maximum atomic E-state index is 14.6. The largest absolute Gasteiger partial charge is 0.469 e. The van der Waals surface area contributed by atoms with Gasteiger partial charge in [-0.25, -0.2) is 0 Å². The van der Waals surface area contributed by atoms with Gasteiger partial charge in [-0.15, -0.1) is 0 Å². The molecule has 0 radical (unpaired) electrons. The molecule has 0 aromatic carbocycles. The summed E-state index contributed by atoms with van der Waals surface area (Å²) >= 11 is 0. The summed E-state index contributed by atoms with van der Waals surface area (Å²) in [4.78, 5) is 0. The van der Waals surface area contributed by atoms with Crippen molar-refractivity contribution in [3.8, 4) is 0 Å². The van der Waals surface area contributed by atoms with Crippen molar-refractivity contribution in [2.75, 3.05) is 0 Å². The van der Waals surface area contributed by atoms with Gasteiger partial charge in [0, 0.05) is 0 Å². The Labute approximate surface area is 391 Å². The van der Waals surface area contributed by atoms with Crippen molar-refractivity contribution in [3.05, 3.63) is 18.7 Å². The molecule has 1 rings (SSSR count). The van der Waals surface area contributed by atoms with Gasteiger partial charge < -0.3 is 0 Å². The summed E-state index contributed by atoms with van der Waals surface area (Å²) in [7, 11) is 0. The molecule has 0 amide bonds. The molecule has 52 heteroatoms. The highest BCUT2D eigenvalue weighted by atomic mass is 19.5. The molecular weight excluding hydrogens is 1300 g/mol. The second kappa shape index (κ2) is 17.6. The molecule has 0 saturated carbocycles. The first kappa shape index (κ1) is 72.7. The standard InChI is InChI=1S/C27H3F50N2/c28-4(29,8(36,37)12(44,45)16(52,53)20(60,61)24(68,69)70)6(32,33)10(40,41)14(48,49)18(56,57)22(64,65)26(74,75)78-1-2-79(3-78)27(76,77)23(66,67)19(58,59)15(50,51)11(42,43)7(34,35)5(30,31)9(38,39)13(46,47)17(54,55)21(62,63)25(71,72)73/h1-3H/q+1. The van der Waals surface area contributed by atoms with E-state index in [1.807, 2.05) is 0 Å². The monoisotopic (exact) mass is 1300 g/mol. The van der Waals surface area contributed by atoms with Crippen LogP contribution in [0.15, 0.2) is 18.7 Å². The fraction of sp³-hybridized carbons (Fsp3) is 0.889. The normalized spacial score (nSPS) is 17.2. The van der Waals surface area contributed by atoms with Crippen LogP contribution in [0.5, 0.6) is 0 Å². The van der Waals surface area contributed by atoms with Crippen LogP contribution in [-0.4, -0.2) is 135 Å². The molecule has 0 N–H and O–H groups in total. The van der Waals surface area contributed by atoms with Crippen LogP contribution in [0.3, 0.4) is 0 Å². The van der Waals surface area contributed by atoms with Crippen molar-refractivity contribution in [3.63, 3.8) is 0 Å². The van der Waals surface area contributed by atoms with Gasteiger partial charge in [-0.1, -0.05) is 0 Å². The van der Waals surface area contributed by atoms with E-state index >= 15 is 0 Å². The van der Waals surface area contributed by atoms with Crippen LogP contribution in [0.25, 0.3) is 0 Å². The topological polar surface area (TPSA) is 8.81 Å². The third kappa shape index (κ3) is 8.22. The van der Waals surface area contributed by atoms with Crippen LogP contribution in [0, 0.1) is 0 Å². The molecule has 0 bridgehead atoms. The Hall–Kier alpha value is -4.29.